The third kappa shape index (κ3) is 4.23. The summed E-state index contributed by atoms with van der Waals surface area (Å²) in [5.41, 5.74) is 2.91. The van der Waals surface area contributed by atoms with Gasteiger partial charge < -0.3 is 4.57 Å². The molecule has 27 heavy (non-hydrogen) atoms. The van der Waals surface area contributed by atoms with Gasteiger partial charge in [-0.25, -0.2) is 18.5 Å². The molecule has 0 unspecified atom stereocenters. The monoisotopic (exact) mass is 415 g/mol. The van der Waals surface area contributed by atoms with Crippen LogP contribution >= 0.6 is 11.3 Å². The first kappa shape index (κ1) is 19.6. The number of thiazole rings is 1. The first-order chi connectivity index (χ1) is 12.5. The van der Waals surface area contributed by atoms with Crippen LogP contribution in [0.15, 0.2) is 40.6 Å². The number of halogens is 3. The van der Waals surface area contributed by atoms with Crippen molar-refractivity contribution in [2.45, 2.75) is 31.5 Å². The van der Waals surface area contributed by atoms with Crippen molar-refractivity contribution in [3.05, 3.63) is 47.1 Å². The lowest BCUT2D eigenvalue weighted by Gasteiger charge is -2.12. The molecule has 3 aromatic rings. The number of benzene rings is 1. The number of rotatable bonds is 4. The molecule has 5 nitrogen and oxygen atoms in total. The van der Waals surface area contributed by atoms with Gasteiger partial charge in [-0.2, -0.15) is 13.2 Å². The Morgan fingerprint density at radius 1 is 1.19 bits per heavy atom. The van der Waals surface area contributed by atoms with Crippen molar-refractivity contribution in [2.24, 2.45) is 5.14 Å². The second-order valence-electron chi connectivity index (χ2n) is 6.09. The molecule has 144 valence electrons. The molecule has 0 aliphatic rings. The van der Waals surface area contributed by atoms with E-state index >= 15 is 0 Å². The van der Waals surface area contributed by atoms with Crippen LogP contribution < -0.4 is 5.14 Å². The van der Waals surface area contributed by atoms with Crippen LogP contribution in [0, 0.1) is 13.8 Å². The minimum absolute atomic E-state index is 0.00118. The highest BCUT2D eigenvalue weighted by atomic mass is 32.2. The molecule has 2 aromatic heterocycles. The van der Waals surface area contributed by atoms with Crippen LogP contribution in [0.5, 0.6) is 0 Å². The minimum Gasteiger partial charge on any atom is -0.339 e. The van der Waals surface area contributed by atoms with Crippen molar-refractivity contribution in [3.63, 3.8) is 0 Å². The molecule has 0 atom stereocenters. The lowest BCUT2D eigenvalue weighted by atomic mass is 10.2. The minimum atomic E-state index is -4.30. The Bertz CT molecular complexity index is 1080. The first-order valence-electron chi connectivity index (χ1n) is 7.78. The summed E-state index contributed by atoms with van der Waals surface area (Å²) in [5, 5.41) is 7.48. The lowest BCUT2D eigenvalue weighted by molar-refractivity contribution is -0.141. The molecule has 0 amide bonds. The van der Waals surface area contributed by atoms with Gasteiger partial charge in [-0.1, -0.05) is 12.1 Å². The van der Waals surface area contributed by atoms with E-state index in [-0.39, 0.29) is 4.90 Å². The van der Waals surface area contributed by atoms with E-state index in [9.17, 15) is 21.6 Å². The standard InChI is InChI=1S/C17H16F3N3O2S2/c1-10-7-14(11(2)23(10)9-17(18,19)20)15-8-26-16(22-15)12-3-5-13(6-4-12)27(21,24)25/h3-8H,9H2,1-2H3,(H2,21,24,25). The molecule has 0 saturated heterocycles. The van der Waals surface area contributed by atoms with E-state index in [1.165, 1.54) is 28.0 Å². The summed E-state index contributed by atoms with van der Waals surface area (Å²) in [6, 6.07) is 7.65. The third-order valence-corrected chi connectivity index (χ3v) is 5.94. The maximum absolute atomic E-state index is 12.8. The number of alkyl halides is 3. The average molecular weight is 415 g/mol. The highest BCUT2D eigenvalue weighted by molar-refractivity contribution is 7.89. The fraction of sp³-hybridized carbons (Fsp3) is 0.235. The molecule has 3 rings (SSSR count). The topological polar surface area (TPSA) is 78.0 Å². The Labute approximate surface area is 158 Å². The summed E-state index contributed by atoms with van der Waals surface area (Å²) in [7, 11) is -3.77. The van der Waals surface area contributed by atoms with Crippen molar-refractivity contribution < 1.29 is 21.6 Å². The van der Waals surface area contributed by atoms with E-state index in [1.807, 2.05) is 0 Å². The largest absolute Gasteiger partial charge is 0.406 e. The number of sulfonamides is 1. The Morgan fingerprint density at radius 3 is 2.37 bits per heavy atom. The molecule has 0 aliphatic carbocycles. The van der Waals surface area contributed by atoms with Crippen molar-refractivity contribution in [3.8, 4) is 21.8 Å². The van der Waals surface area contributed by atoms with Gasteiger partial charge in [0.05, 0.1) is 10.6 Å². The van der Waals surface area contributed by atoms with Gasteiger partial charge in [-0.3, -0.25) is 0 Å². The van der Waals surface area contributed by atoms with Gasteiger partial charge in [-0.15, -0.1) is 11.3 Å². The summed E-state index contributed by atoms with van der Waals surface area (Å²) in [6.45, 7) is 2.21. The highest BCUT2D eigenvalue weighted by Gasteiger charge is 2.30. The zero-order valence-corrected chi connectivity index (χ0v) is 16.0. The van der Waals surface area contributed by atoms with E-state index in [0.29, 0.717) is 33.2 Å². The van der Waals surface area contributed by atoms with Crippen LogP contribution in [0.1, 0.15) is 11.4 Å². The number of aromatic nitrogens is 2. The number of primary sulfonamides is 1. The third-order valence-electron chi connectivity index (χ3n) is 4.12. The van der Waals surface area contributed by atoms with Gasteiger partial charge in [-0.05, 0) is 32.0 Å². The fourth-order valence-corrected chi connectivity index (χ4v) is 4.14. The Hall–Kier alpha value is -2.17. The molecular weight excluding hydrogens is 399 g/mol. The molecule has 0 spiro atoms. The molecule has 0 radical (unpaired) electrons. The van der Waals surface area contributed by atoms with Crippen LogP contribution in [0.3, 0.4) is 0 Å². The smallest absolute Gasteiger partial charge is 0.339 e. The summed E-state index contributed by atoms with van der Waals surface area (Å²) in [5.74, 6) is 0. The number of aryl methyl sites for hydroxylation is 1. The Morgan fingerprint density at radius 2 is 1.81 bits per heavy atom. The highest BCUT2D eigenvalue weighted by Crippen LogP contribution is 2.33. The second-order valence-corrected chi connectivity index (χ2v) is 8.51. The van der Waals surface area contributed by atoms with E-state index in [1.54, 1.807) is 37.4 Å². The van der Waals surface area contributed by atoms with Gasteiger partial charge >= 0.3 is 6.18 Å². The molecule has 2 N–H and O–H groups in total. The average Bonchev–Trinajstić information content (AvgIpc) is 3.14. The molecule has 0 saturated carbocycles. The van der Waals surface area contributed by atoms with Gasteiger partial charge in [0.2, 0.25) is 10.0 Å². The lowest BCUT2D eigenvalue weighted by Crippen LogP contribution is -2.19. The summed E-state index contributed by atoms with van der Waals surface area (Å²) in [4.78, 5) is 4.50. The molecule has 1 aromatic carbocycles. The quantitative estimate of drug-likeness (QED) is 0.697. The van der Waals surface area contributed by atoms with Crippen LogP contribution in [0.4, 0.5) is 13.2 Å². The predicted octanol–water partition coefficient (Wildman–Crippen LogP) is 4.11. The number of hydrogen-bond donors (Lipinski definition) is 1. The molecule has 0 aliphatic heterocycles. The first-order valence-corrected chi connectivity index (χ1v) is 10.2. The number of hydrogen-bond acceptors (Lipinski definition) is 4. The predicted molar refractivity (Wildman–Crippen MR) is 97.9 cm³/mol. The zero-order chi connectivity index (χ0) is 20.0. The van der Waals surface area contributed by atoms with Crippen LogP contribution in [-0.4, -0.2) is 24.1 Å². The summed E-state index contributed by atoms with van der Waals surface area (Å²) < 4.78 is 62.2. The van der Waals surface area contributed by atoms with Crippen LogP contribution in [-0.2, 0) is 16.6 Å². The second kappa shape index (κ2) is 6.77. The van der Waals surface area contributed by atoms with Gasteiger partial charge in [0.15, 0.2) is 0 Å². The normalized spacial score (nSPS) is 12.5. The molecule has 0 fully saturated rings. The van der Waals surface area contributed by atoms with Crippen molar-refractivity contribution in [2.75, 3.05) is 0 Å². The SMILES string of the molecule is Cc1cc(-c2csc(-c3ccc(S(N)(=O)=O)cc3)n2)c(C)n1CC(F)(F)F. The maximum atomic E-state index is 12.8. The van der Waals surface area contributed by atoms with E-state index in [0.717, 1.165) is 0 Å². The van der Waals surface area contributed by atoms with Gasteiger partial charge in [0, 0.05) is 27.9 Å². The molecule has 2 heterocycles. The van der Waals surface area contributed by atoms with E-state index in [2.05, 4.69) is 4.98 Å². The van der Waals surface area contributed by atoms with Crippen LogP contribution in [0.2, 0.25) is 0 Å². The van der Waals surface area contributed by atoms with Gasteiger partial charge in [0.1, 0.15) is 11.6 Å². The van der Waals surface area contributed by atoms with Crippen molar-refractivity contribution in [1.29, 1.82) is 0 Å². The fourth-order valence-electron chi connectivity index (χ4n) is 2.80. The zero-order valence-electron chi connectivity index (χ0n) is 14.4. The van der Waals surface area contributed by atoms with Crippen LogP contribution in [0.25, 0.3) is 21.8 Å². The van der Waals surface area contributed by atoms with Crippen molar-refractivity contribution >= 4 is 21.4 Å². The number of nitrogens with two attached hydrogens (primary N) is 1. The van der Waals surface area contributed by atoms with Gasteiger partial charge in [0.25, 0.3) is 0 Å². The Kier molecular flexibility index (Phi) is 4.91. The summed E-state index contributed by atoms with van der Waals surface area (Å²) in [6.07, 6.45) is -4.30. The molecule has 0 bridgehead atoms. The summed E-state index contributed by atoms with van der Waals surface area (Å²) >= 11 is 1.32. The maximum Gasteiger partial charge on any atom is 0.406 e. The van der Waals surface area contributed by atoms with E-state index in [4.69, 9.17) is 5.14 Å². The Balaban J connectivity index is 1.94. The number of nitrogens with zero attached hydrogens (tertiary/aromatic N) is 2. The van der Waals surface area contributed by atoms with E-state index < -0.39 is 22.7 Å². The molecular formula is C17H16F3N3O2S2. The van der Waals surface area contributed by atoms with Crippen molar-refractivity contribution in [1.82, 2.24) is 9.55 Å². The molecule has 10 heteroatoms.